The van der Waals surface area contributed by atoms with E-state index < -0.39 is 6.09 Å². The fourth-order valence-electron chi connectivity index (χ4n) is 1.76. The van der Waals surface area contributed by atoms with Gasteiger partial charge in [0.2, 0.25) is 0 Å². The van der Waals surface area contributed by atoms with Crippen LogP contribution in [0.25, 0.3) is 6.08 Å². The molecule has 1 amide bonds. The maximum Gasteiger partial charge on any atom is 0.407 e. The summed E-state index contributed by atoms with van der Waals surface area (Å²) in [7, 11) is 0. The van der Waals surface area contributed by atoms with Gasteiger partial charge in [0, 0.05) is 31.0 Å². The molecule has 0 saturated carbocycles. The summed E-state index contributed by atoms with van der Waals surface area (Å²) in [6, 6.07) is 0. The Kier molecular flexibility index (Phi) is 3.14. The lowest BCUT2D eigenvalue weighted by Crippen LogP contribution is -2.26. The molecule has 0 bridgehead atoms. The predicted octanol–water partition coefficient (Wildman–Crippen LogP) is 1.49. The number of hydrogen-bond acceptors (Lipinski definition) is 3. The van der Waals surface area contributed by atoms with Crippen LogP contribution in [-0.4, -0.2) is 39.2 Å². The van der Waals surface area contributed by atoms with Gasteiger partial charge in [0.15, 0.2) is 0 Å². The monoisotopic (exact) mass is 219 g/mol. The highest BCUT2D eigenvalue weighted by Gasteiger charge is 2.23. The highest BCUT2D eigenvalue weighted by Crippen LogP contribution is 2.18. The van der Waals surface area contributed by atoms with Crippen molar-refractivity contribution in [3.63, 3.8) is 0 Å². The standard InChI is InChI=1S/C11H13N3O2/c15-11(16)14-4-3-9(7-14)1-2-10-5-12-8-13-6-10/h1-2,5-6,8-9H,3-4,7H2,(H,15,16). The quantitative estimate of drug-likeness (QED) is 0.818. The van der Waals surface area contributed by atoms with Crippen molar-refractivity contribution in [3.05, 3.63) is 30.4 Å². The summed E-state index contributed by atoms with van der Waals surface area (Å²) in [5, 5.41) is 8.80. The van der Waals surface area contributed by atoms with Crippen molar-refractivity contribution in [2.45, 2.75) is 6.42 Å². The van der Waals surface area contributed by atoms with E-state index in [1.54, 1.807) is 12.4 Å². The summed E-state index contributed by atoms with van der Waals surface area (Å²) < 4.78 is 0. The maximum absolute atomic E-state index is 10.7. The van der Waals surface area contributed by atoms with Crippen LogP contribution < -0.4 is 0 Å². The Labute approximate surface area is 93.4 Å². The van der Waals surface area contributed by atoms with Crippen LogP contribution in [0.5, 0.6) is 0 Å². The fourth-order valence-corrected chi connectivity index (χ4v) is 1.76. The third kappa shape index (κ3) is 2.56. The third-order valence-electron chi connectivity index (χ3n) is 2.64. The summed E-state index contributed by atoms with van der Waals surface area (Å²) in [6.45, 7) is 1.20. The first-order chi connectivity index (χ1) is 7.75. The van der Waals surface area contributed by atoms with Crippen molar-refractivity contribution in [2.75, 3.05) is 13.1 Å². The Hall–Kier alpha value is -1.91. The first kappa shape index (κ1) is 10.6. The molecule has 5 heteroatoms. The van der Waals surface area contributed by atoms with Crippen molar-refractivity contribution in [1.29, 1.82) is 0 Å². The van der Waals surface area contributed by atoms with Crippen molar-refractivity contribution in [2.24, 2.45) is 5.92 Å². The molecule has 1 aliphatic heterocycles. The number of hydrogen-bond donors (Lipinski definition) is 1. The van der Waals surface area contributed by atoms with Crippen LogP contribution in [0.2, 0.25) is 0 Å². The van der Waals surface area contributed by atoms with E-state index in [4.69, 9.17) is 5.11 Å². The smallest absolute Gasteiger partial charge is 0.407 e. The second-order valence-electron chi connectivity index (χ2n) is 3.81. The molecule has 16 heavy (non-hydrogen) atoms. The van der Waals surface area contributed by atoms with Crippen LogP contribution >= 0.6 is 0 Å². The molecule has 2 rings (SSSR count). The maximum atomic E-state index is 10.7. The van der Waals surface area contributed by atoms with Crippen molar-refractivity contribution >= 4 is 12.2 Å². The van der Waals surface area contributed by atoms with Gasteiger partial charge in [0.25, 0.3) is 0 Å². The molecule has 0 aliphatic carbocycles. The van der Waals surface area contributed by atoms with E-state index in [9.17, 15) is 4.79 Å². The lowest BCUT2D eigenvalue weighted by Gasteiger charge is -2.09. The minimum Gasteiger partial charge on any atom is -0.465 e. The zero-order valence-electron chi connectivity index (χ0n) is 8.78. The van der Waals surface area contributed by atoms with Gasteiger partial charge < -0.3 is 10.0 Å². The number of amides is 1. The summed E-state index contributed by atoms with van der Waals surface area (Å²) >= 11 is 0. The first-order valence-electron chi connectivity index (χ1n) is 5.17. The summed E-state index contributed by atoms with van der Waals surface area (Å²) in [6.07, 6.45) is 8.97. The van der Waals surface area contributed by atoms with Crippen LogP contribution in [0, 0.1) is 5.92 Å². The summed E-state index contributed by atoms with van der Waals surface area (Å²) in [5.74, 6) is 0.302. The number of aromatic nitrogens is 2. The van der Waals surface area contributed by atoms with Gasteiger partial charge in [-0.2, -0.15) is 0 Å². The number of likely N-dealkylation sites (tertiary alicyclic amines) is 1. The number of carbonyl (C=O) groups is 1. The second kappa shape index (κ2) is 4.74. The van der Waals surface area contributed by atoms with Gasteiger partial charge in [0.05, 0.1) is 0 Å². The molecule has 1 fully saturated rings. The van der Waals surface area contributed by atoms with Gasteiger partial charge >= 0.3 is 6.09 Å². The molecule has 2 heterocycles. The average molecular weight is 219 g/mol. The van der Waals surface area contributed by atoms with Crippen molar-refractivity contribution in [3.8, 4) is 0 Å². The Balaban J connectivity index is 1.92. The van der Waals surface area contributed by atoms with Crippen LogP contribution in [0.3, 0.4) is 0 Å². The van der Waals surface area contributed by atoms with Crippen LogP contribution in [0.4, 0.5) is 4.79 Å². The van der Waals surface area contributed by atoms with Crippen molar-refractivity contribution in [1.82, 2.24) is 14.9 Å². The normalized spacial score (nSPS) is 20.5. The number of carboxylic acid groups (broad SMARTS) is 1. The molecule has 1 aromatic rings. The number of nitrogens with zero attached hydrogens (tertiary/aromatic N) is 3. The topological polar surface area (TPSA) is 66.3 Å². The Morgan fingerprint density at radius 3 is 2.88 bits per heavy atom. The molecule has 1 atom stereocenters. The van der Waals surface area contributed by atoms with Gasteiger partial charge in [-0.25, -0.2) is 14.8 Å². The van der Waals surface area contributed by atoms with Gasteiger partial charge in [-0.1, -0.05) is 12.2 Å². The minimum absolute atomic E-state index is 0.302. The number of rotatable bonds is 2. The fraction of sp³-hybridized carbons (Fsp3) is 0.364. The van der Waals surface area contributed by atoms with Gasteiger partial charge in [-0.3, -0.25) is 0 Å². The van der Waals surface area contributed by atoms with Gasteiger partial charge in [-0.05, 0) is 12.3 Å². The molecular formula is C11H13N3O2. The molecule has 1 aliphatic rings. The Morgan fingerprint density at radius 1 is 1.50 bits per heavy atom. The third-order valence-corrected chi connectivity index (χ3v) is 2.64. The molecule has 0 spiro atoms. The Morgan fingerprint density at radius 2 is 2.25 bits per heavy atom. The minimum atomic E-state index is -0.834. The zero-order chi connectivity index (χ0) is 11.4. The molecule has 1 N–H and O–H groups in total. The van der Waals surface area contributed by atoms with E-state index in [0.717, 1.165) is 12.0 Å². The predicted molar refractivity (Wildman–Crippen MR) is 58.8 cm³/mol. The van der Waals surface area contributed by atoms with Crippen LogP contribution in [0.15, 0.2) is 24.8 Å². The first-order valence-corrected chi connectivity index (χ1v) is 5.17. The van der Waals surface area contributed by atoms with Crippen LogP contribution in [0.1, 0.15) is 12.0 Å². The van der Waals surface area contributed by atoms with E-state index in [1.165, 1.54) is 11.2 Å². The molecule has 0 aromatic carbocycles. The lowest BCUT2D eigenvalue weighted by molar-refractivity contribution is 0.155. The van der Waals surface area contributed by atoms with Crippen molar-refractivity contribution < 1.29 is 9.90 Å². The highest BCUT2D eigenvalue weighted by molar-refractivity contribution is 5.65. The van der Waals surface area contributed by atoms with Crippen LogP contribution in [-0.2, 0) is 0 Å². The van der Waals surface area contributed by atoms with E-state index in [0.29, 0.717) is 19.0 Å². The second-order valence-corrected chi connectivity index (χ2v) is 3.81. The molecule has 1 unspecified atom stereocenters. The van der Waals surface area contributed by atoms with E-state index in [2.05, 4.69) is 9.97 Å². The van der Waals surface area contributed by atoms with Gasteiger partial charge in [-0.15, -0.1) is 0 Å². The lowest BCUT2D eigenvalue weighted by atomic mass is 10.1. The molecule has 1 aromatic heterocycles. The van der Waals surface area contributed by atoms with E-state index >= 15 is 0 Å². The largest absolute Gasteiger partial charge is 0.465 e. The summed E-state index contributed by atoms with van der Waals surface area (Å²) in [5.41, 5.74) is 0.941. The molecular weight excluding hydrogens is 206 g/mol. The molecule has 5 nitrogen and oxygen atoms in total. The zero-order valence-corrected chi connectivity index (χ0v) is 8.78. The van der Waals surface area contributed by atoms with E-state index in [1.807, 2.05) is 12.2 Å². The van der Waals surface area contributed by atoms with Gasteiger partial charge in [0.1, 0.15) is 6.33 Å². The molecule has 84 valence electrons. The highest BCUT2D eigenvalue weighted by atomic mass is 16.4. The average Bonchev–Trinajstić information content (AvgIpc) is 2.76. The Bertz CT molecular complexity index is 391. The van der Waals surface area contributed by atoms with E-state index in [-0.39, 0.29) is 0 Å². The summed E-state index contributed by atoms with van der Waals surface area (Å²) in [4.78, 5) is 20.0. The molecule has 0 radical (unpaired) electrons. The SMILES string of the molecule is O=C(O)N1CCC(C=Cc2cncnc2)C1. The molecule has 1 saturated heterocycles.